The third kappa shape index (κ3) is 3.50. The number of carbonyl (C=O) groups is 1. The van der Waals surface area contributed by atoms with Crippen molar-refractivity contribution < 1.29 is 27.8 Å². The first-order chi connectivity index (χ1) is 12.7. The lowest BCUT2D eigenvalue weighted by Gasteiger charge is -2.32. The standard InChI is InChI=1S/C18H14ClF3N2O3/c1-27-14-4-2-3-12(9-14)16(25)24-17(26,18(20,21)22)10-15(23-24)11-5-7-13(19)8-6-11/h2-9,26H,10H2,1H3/t17-/m0/s1. The van der Waals surface area contributed by atoms with Crippen LogP contribution < -0.4 is 4.74 Å². The maximum atomic E-state index is 13.6. The van der Waals surface area contributed by atoms with E-state index in [9.17, 15) is 23.1 Å². The Morgan fingerprint density at radius 2 is 1.93 bits per heavy atom. The predicted molar refractivity (Wildman–Crippen MR) is 92.8 cm³/mol. The lowest BCUT2D eigenvalue weighted by molar-refractivity contribution is -0.297. The van der Waals surface area contributed by atoms with Gasteiger partial charge in [0.25, 0.3) is 11.6 Å². The fraction of sp³-hybridized carbons (Fsp3) is 0.222. The number of methoxy groups -OCH3 is 1. The summed E-state index contributed by atoms with van der Waals surface area (Å²) in [5, 5.41) is 14.6. The summed E-state index contributed by atoms with van der Waals surface area (Å²) in [6.45, 7) is 0. The number of ether oxygens (including phenoxy) is 1. The van der Waals surface area contributed by atoms with Crippen LogP contribution in [0.4, 0.5) is 13.2 Å². The molecule has 0 saturated carbocycles. The van der Waals surface area contributed by atoms with Crippen LogP contribution in [-0.2, 0) is 0 Å². The van der Waals surface area contributed by atoms with Crippen LogP contribution in [0.3, 0.4) is 0 Å². The van der Waals surface area contributed by atoms with Crippen LogP contribution in [0.1, 0.15) is 22.3 Å². The van der Waals surface area contributed by atoms with Gasteiger partial charge in [-0.1, -0.05) is 29.8 Å². The highest BCUT2D eigenvalue weighted by atomic mass is 35.5. The maximum Gasteiger partial charge on any atom is 0.438 e. The van der Waals surface area contributed by atoms with Crippen molar-refractivity contribution in [3.63, 3.8) is 0 Å². The first-order valence-electron chi connectivity index (χ1n) is 7.77. The van der Waals surface area contributed by atoms with E-state index in [4.69, 9.17) is 16.3 Å². The zero-order chi connectivity index (χ0) is 19.8. The number of hydrogen-bond acceptors (Lipinski definition) is 4. The molecule has 1 amide bonds. The summed E-state index contributed by atoms with van der Waals surface area (Å²) in [6, 6.07) is 11.5. The fourth-order valence-corrected chi connectivity index (χ4v) is 2.79. The van der Waals surface area contributed by atoms with E-state index >= 15 is 0 Å². The van der Waals surface area contributed by atoms with E-state index in [0.29, 0.717) is 10.6 Å². The van der Waals surface area contributed by atoms with E-state index in [-0.39, 0.29) is 22.0 Å². The lowest BCUT2D eigenvalue weighted by atomic mass is 10.0. The number of aliphatic hydroxyl groups is 1. The molecule has 9 heteroatoms. The van der Waals surface area contributed by atoms with E-state index in [2.05, 4.69) is 5.10 Å². The number of hydrogen-bond donors (Lipinski definition) is 1. The Labute approximate surface area is 157 Å². The van der Waals surface area contributed by atoms with E-state index in [1.165, 1.54) is 49.6 Å². The van der Waals surface area contributed by atoms with Gasteiger partial charge in [0.1, 0.15) is 5.75 Å². The molecule has 5 nitrogen and oxygen atoms in total. The van der Waals surface area contributed by atoms with Crippen LogP contribution in [0.25, 0.3) is 0 Å². The molecule has 1 aliphatic heterocycles. The molecule has 0 aromatic heterocycles. The number of carbonyl (C=O) groups excluding carboxylic acids is 1. The van der Waals surface area contributed by atoms with Crippen molar-refractivity contribution >= 4 is 23.2 Å². The Balaban J connectivity index is 2.04. The minimum atomic E-state index is -5.11. The molecule has 142 valence electrons. The molecule has 1 aliphatic rings. The van der Waals surface area contributed by atoms with Crippen molar-refractivity contribution in [1.82, 2.24) is 5.01 Å². The Morgan fingerprint density at radius 3 is 2.52 bits per heavy atom. The van der Waals surface area contributed by atoms with Crippen molar-refractivity contribution in [2.75, 3.05) is 7.11 Å². The first-order valence-corrected chi connectivity index (χ1v) is 8.14. The molecule has 2 aromatic rings. The van der Waals surface area contributed by atoms with Crippen molar-refractivity contribution in [3.05, 3.63) is 64.7 Å². The number of hydrazone groups is 1. The SMILES string of the molecule is COc1cccc(C(=O)N2N=C(c3ccc(Cl)cc3)C[C@]2(O)C(F)(F)F)c1. The summed E-state index contributed by atoms with van der Waals surface area (Å²) < 4.78 is 45.8. The number of benzene rings is 2. The van der Waals surface area contributed by atoms with Crippen LogP contribution >= 0.6 is 11.6 Å². The molecule has 0 radical (unpaired) electrons. The highest BCUT2D eigenvalue weighted by Gasteiger charge is 2.63. The summed E-state index contributed by atoms with van der Waals surface area (Å²) in [4.78, 5) is 12.7. The molecule has 1 atom stereocenters. The van der Waals surface area contributed by atoms with Gasteiger partial charge in [-0.15, -0.1) is 0 Å². The molecule has 2 aromatic carbocycles. The second kappa shape index (κ2) is 6.86. The van der Waals surface area contributed by atoms with Crippen LogP contribution in [0.15, 0.2) is 53.6 Å². The molecular formula is C18H14ClF3N2O3. The van der Waals surface area contributed by atoms with Gasteiger partial charge in [-0.2, -0.15) is 23.3 Å². The Bertz CT molecular complexity index is 899. The number of rotatable bonds is 3. The summed E-state index contributed by atoms with van der Waals surface area (Å²) in [6.07, 6.45) is -6.01. The highest BCUT2D eigenvalue weighted by Crippen LogP contribution is 2.42. The molecule has 0 bridgehead atoms. The summed E-state index contributed by atoms with van der Waals surface area (Å²) >= 11 is 5.79. The summed E-state index contributed by atoms with van der Waals surface area (Å²) in [7, 11) is 1.36. The number of nitrogens with zero attached hydrogens (tertiary/aromatic N) is 2. The van der Waals surface area contributed by atoms with E-state index < -0.39 is 24.2 Å². The molecule has 0 unspecified atom stereocenters. The number of halogens is 4. The van der Waals surface area contributed by atoms with E-state index in [1.807, 2.05) is 0 Å². The molecule has 0 spiro atoms. The lowest BCUT2D eigenvalue weighted by Crippen LogP contribution is -2.56. The summed E-state index contributed by atoms with van der Waals surface area (Å²) in [5.41, 5.74) is -3.31. The highest BCUT2D eigenvalue weighted by molar-refractivity contribution is 6.30. The Kier molecular flexibility index (Phi) is 4.88. The van der Waals surface area contributed by atoms with Gasteiger partial charge in [0.2, 0.25) is 0 Å². The van der Waals surface area contributed by atoms with Crippen molar-refractivity contribution in [3.8, 4) is 5.75 Å². The van der Waals surface area contributed by atoms with Gasteiger partial charge in [0.15, 0.2) is 0 Å². The fourth-order valence-electron chi connectivity index (χ4n) is 2.66. The van der Waals surface area contributed by atoms with Crippen molar-refractivity contribution in [1.29, 1.82) is 0 Å². The minimum absolute atomic E-state index is 0.0751. The maximum absolute atomic E-state index is 13.6. The zero-order valence-electron chi connectivity index (χ0n) is 14.0. The molecule has 0 aliphatic carbocycles. The largest absolute Gasteiger partial charge is 0.497 e. The second-order valence-corrected chi connectivity index (χ2v) is 6.33. The molecular weight excluding hydrogens is 385 g/mol. The smallest absolute Gasteiger partial charge is 0.438 e. The zero-order valence-corrected chi connectivity index (χ0v) is 14.8. The van der Waals surface area contributed by atoms with Gasteiger partial charge >= 0.3 is 6.18 Å². The average Bonchev–Trinajstić information content (AvgIpc) is 3.00. The molecule has 0 fully saturated rings. The topological polar surface area (TPSA) is 62.1 Å². The molecule has 1 N–H and O–H groups in total. The van der Waals surface area contributed by atoms with Gasteiger partial charge in [0, 0.05) is 10.6 Å². The Morgan fingerprint density at radius 1 is 1.26 bits per heavy atom. The normalized spacial score (nSPS) is 19.8. The average molecular weight is 399 g/mol. The molecule has 1 heterocycles. The van der Waals surface area contributed by atoms with Gasteiger partial charge in [-0.05, 0) is 35.9 Å². The monoisotopic (exact) mass is 398 g/mol. The Hall–Kier alpha value is -2.58. The number of amides is 1. The first kappa shape index (κ1) is 19.2. The molecule has 3 rings (SSSR count). The van der Waals surface area contributed by atoms with Crippen molar-refractivity contribution in [2.24, 2.45) is 5.10 Å². The quantitative estimate of drug-likeness (QED) is 0.854. The van der Waals surface area contributed by atoms with Crippen LogP contribution in [0.2, 0.25) is 5.02 Å². The van der Waals surface area contributed by atoms with Gasteiger partial charge in [-0.25, -0.2) is 0 Å². The third-order valence-corrected chi connectivity index (χ3v) is 4.38. The van der Waals surface area contributed by atoms with Crippen LogP contribution in [0, 0.1) is 0 Å². The molecule has 0 saturated heterocycles. The van der Waals surface area contributed by atoms with E-state index in [0.717, 1.165) is 0 Å². The predicted octanol–water partition coefficient (Wildman–Crippen LogP) is 3.85. The third-order valence-electron chi connectivity index (χ3n) is 4.13. The summed E-state index contributed by atoms with van der Waals surface area (Å²) in [5.74, 6) is -0.810. The number of alkyl halides is 3. The van der Waals surface area contributed by atoms with Gasteiger partial charge in [-0.3, -0.25) is 4.79 Å². The van der Waals surface area contributed by atoms with Crippen molar-refractivity contribution in [2.45, 2.75) is 18.3 Å². The molecule has 27 heavy (non-hydrogen) atoms. The van der Waals surface area contributed by atoms with Crippen LogP contribution in [-0.4, -0.2) is 40.7 Å². The van der Waals surface area contributed by atoms with Gasteiger partial charge < -0.3 is 9.84 Å². The van der Waals surface area contributed by atoms with Gasteiger partial charge in [0.05, 0.1) is 19.2 Å². The second-order valence-electron chi connectivity index (χ2n) is 5.89. The van der Waals surface area contributed by atoms with E-state index in [1.54, 1.807) is 6.07 Å². The van der Waals surface area contributed by atoms with Crippen LogP contribution in [0.5, 0.6) is 5.75 Å². The minimum Gasteiger partial charge on any atom is -0.497 e.